The summed E-state index contributed by atoms with van der Waals surface area (Å²) in [5.41, 5.74) is 2.33. The number of alkyl halides is 1. The molecule has 0 radical (unpaired) electrons. The van der Waals surface area contributed by atoms with Crippen LogP contribution >= 0.6 is 11.6 Å². The Morgan fingerprint density at radius 2 is 2.41 bits per heavy atom. The number of rotatable bonds is 4. The summed E-state index contributed by atoms with van der Waals surface area (Å²) >= 11 is 5.95. The van der Waals surface area contributed by atoms with Gasteiger partial charge in [0, 0.05) is 32.2 Å². The third-order valence-electron chi connectivity index (χ3n) is 3.46. The SMILES string of the molecule is CN1CCC(CN(C)c2cnccc2CCl)C1. The molecule has 3 nitrogen and oxygen atoms in total. The molecule has 1 fully saturated rings. The Hall–Kier alpha value is -0.800. The lowest BCUT2D eigenvalue weighted by molar-refractivity contribution is 0.396. The van der Waals surface area contributed by atoms with Gasteiger partial charge < -0.3 is 9.80 Å². The fourth-order valence-electron chi connectivity index (χ4n) is 2.53. The molecule has 0 bridgehead atoms. The molecule has 1 aromatic heterocycles. The first-order valence-electron chi connectivity index (χ1n) is 6.09. The molecule has 0 aromatic carbocycles. The second-order valence-corrected chi connectivity index (χ2v) is 5.20. The van der Waals surface area contributed by atoms with E-state index in [9.17, 15) is 0 Å². The molecule has 0 spiro atoms. The van der Waals surface area contributed by atoms with E-state index in [1.807, 2.05) is 12.3 Å². The highest BCUT2D eigenvalue weighted by Gasteiger charge is 2.21. The molecule has 1 saturated heterocycles. The molecule has 0 aliphatic carbocycles. The first-order chi connectivity index (χ1) is 8.20. The Kier molecular flexibility index (Phi) is 4.24. The fourth-order valence-corrected chi connectivity index (χ4v) is 2.76. The van der Waals surface area contributed by atoms with E-state index in [0.29, 0.717) is 5.88 Å². The summed E-state index contributed by atoms with van der Waals surface area (Å²) in [6, 6.07) is 2.00. The van der Waals surface area contributed by atoms with Crippen LogP contribution in [0.4, 0.5) is 5.69 Å². The lowest BCUT2D eigenvalue weighted by Gasteiger charge is -2.24. The molecule has 94 valence electrons. The minimum absolute atomic E-state index is 0.548. The molecular formula is C13H20ClN3. The van der Waals surface area contributed by atoms with Crippen molar-refractivity contribution in [2.24, 2.45) is 5.92 Å². The van der Waals surface area contributed by atoms with Crippen LogP contribution in [-0.4, -0.2) is 43.6 Å². The number of nitrogens with zero attached hydrogens (tertiary/aromatic N) is 3. The second kappa shape index (κ2) is 5.69. The van der Waals surface area contributed by atoms with Crippen LogP contribution in [0.3, 0.4) is 0 Å². The van der Waals surface area contributed by atoms with Crippen molar-refractivity contribution < 1.29 is 0 Å². The van der Waals surface area contributed by atoms with Crippen LogP contribution in [0.25, 0.3) is 0 Å². The minimum Gasteiger partial charge on any atom is -0.373 e. The Bertz CT molecular complexity index is 369. The quantitative estimate of drug-likeness (QED) is 0.767. The Labute approximate surface area is 108 Å². The summed E-state index contributed by atoms with van der Waals surface area (Å²) in [5, 5.41) is 0. The summed E-state index contributed by atoms with van der Waals surface area (Å²) in [4.78, 5) is 8.87. The van der Waals surface area contributed by atoms with Gasteiger partial charge in [-0.15, -0.1) is 11.6 Å². The topological polar surface area (TPSA) is 19.4 Å². The van der Waals surface area contributed by atoms with E-state index in [4.69, 9.17) is 11.6 Å². The highest BCUT2D eigenvalue weighted by atomic mass is 35.5. The first-order valence-corrected chi connectivity index (χ1v) is 6.62. The van der Waals surface area contributed by atoms with Gasteiger partial charge in [0.05, 0.1) is 11.9 Å². The van der Waals surface area contributed by atoms with Crippen LogP contribution in [-0.2, 0) is 5.88 Å². The van der Waals surface area contributed by atoms with Gasteiger partial charge in [0.25, 0.3) is 0 Å². The molecule has 4 heteroatoms. The van der Waals surface area contributed by atoms with Gasteiger partial charge in [-0.2, -0.15) is 0 Å². The summed E-state index contributed by atoms with van der Waals surface area (Å²) in [6.45, 7) is 3.49. The lowest BCUT2D eigenvalue weighted by Crippen LogP contribution is -2.27. The Balaban J connectivity index is 2.01. The van der Waals surface area contributed by atoms with Crippen molar-refractivity contribution in [3.05, 3.63) is 24.0 Å². The van der Waals surface area contributed by atoms with E-state index >= 15 is 0 Å². The molecule has 1 aliphatic rings. The van der Waals surface area contributed by atoms with E-state index in [-0.39, 0.29) is 0 Å². The highest BCUT2D eigenvalue weighted by Crippen LogP contribution is 2.23. The van der Waals surface area contributed by atoms with Crippen molar-refractivity contribution in [3.63, 3.8) is 0 Å². The molecule has 0 N–H and O–H groups in total. The summed E-state index contributed by atoms with van der Waals surface area (Å²) in [7, 11) is 4.32. The van der Waals surface area contributed by atoms with E-state index in [1.165, 1.54) is 19.5 Å². The van der Waals surface area contributed by atoms with E-state index in [0.717, 1.165) is 23.7 Å². The van der Waals surface area contributed by atoms with Crippen molar-refractivity contribution in [3.8, 4) is 0 Å². The average molecular weight is 254 g/mol. The maximum atomic E-state index is 5.95. The van der Waals surface area contributed by atoms with Gasteiger partial charge in [0.2, 0.25) is 0 Å². The summed E-state index contributed by atoms with van der Waals surface area (Å²) in [5.74, 6) is 1.31. The highest BCUT2D eigenvalue weighted by molar-refractivity contribution is 6.17. The smallest absolute Gasteiger partial charge is 0.0595 e. The number of likely N-dealkylation sites (tertiary alicyclic amines) is 1. The van der Waals surface area contributed by atoms with E-state index in [1.54, 1.807) is 6.20 Å². The van der Waals surface area contributed by atoms with Gasteiger partial charge in [-0.3, -0.25) is 4.98 Å². The van der Waals surface area contributed by atoms with Gasteiger partial charge in [-0.05, 0) is 37.6 Å². The van der Waals surface area contributed by atoms with Crippen LogP contribution < -0.4 is 4.90 Å². The van der Waals surface area contributed by atoms with Crippen LogP contribution in [0.15, 0.2) is 18.5 Å². The molecule has 2 rings (SSSR count). The summed E-state index contributed by atoms with van der Waals surface area (Å²) < 4.78 is 0. The monoisotopic (exact) mass is 253 g/mol. The molecule has 1 unspecified atom stereocenters. The van der Waals surface area contributed by atoms with Crippen LogP contribution in [0.1, 0.15) is 12.0 Å². The molecule has 1 aliphatic heterocycles. The second-order valence-electron chi connectivity index (χ2n) is 4.94. The number of hydrogen-bond donors (Lipinski definition) is 0. The number of halogens is 1. The van der Waals surface area contributed by atoms with Crippen LogP contribution in [0, 0.1) is 5.92 Å². The standard InChI is InChI=1S/C13H20ClN3/c1-16-6-4-11(9-16)10-17(2)13-8-15-5-3-12(13)7-14/h3,5,8,11H,4,6-7,9-10H2,1-2H3. The molecule has 0 saturated carbocycles. The predicted octanol–water partition coefficient (Wildman–Crippen LogP) is 2.21. The average Bonchev–Trinajstić information content (AvgIpc) is 2.74. The molecule has 2 heterocycles. The van der Waals surface area contributed by atoms with Crippen molar-refractivity contribution in [1.29, 1.82) is 0 Å². The zero-order valence-electron chi connectivity index (χ0n) is 10.6. The third kappa shape index (κ3) is 3.11. The number of anilines is 1. The molecule has 1 aromatic rings. The van der Waals surface area contributed by atoms with Gasteiger partial charge in [0.1, 0.15) is 0 Å². The van der Waals surface area contributed by atoms with E-state index < -0.39 is 0 Å². The third-order valence-corrected chi connectivity index (χ3v) is 3.75. The van der Waals surface area contributed by atoms with Crippen LogP contribution in [0.2, 0.25) is 0 Å². The Morgan fingerprint density at radius 3 is 3.06 bits per heavy atom. The van der Waals surface area contributed by atoms with Gasteiger partial charge >= 0.3 is 0 Å². The van der Waals surface area contributed by atoms with Gasteiger partial charge in [-0.1, -0.05) is 0 Å². The lowest BCUT2D eigenvalue weighted by atomic mass is 10.1. The number of hydrogen-bond acceptors (Lipinski definition) is 3. The normalized spacial score (nSPS) is 20.8. The maximum absolute atomic E-state index is 5.95. The molecule has 0 amide bonds. The largest absolute Gasteiger partial charge is 0.373 e. The van der Waals surface area contributed by atoms with Crippen molar-refractivity contribution in [1.82, 2.24) is 9.88 Å². The van der Waals surface area contributed by atoms with Gasteiger partial charge in [0.15, 0.2) is 0 Å². The van der Waals surface area contributed by atoms with Crippen molar-refractivity contribution in [2.75, 3.05) is 38.6 Å². The summed E-state index contributed by atoms with van der Waals surface area (Å²) in [6.07, 6.45) is 5.01. The predicted molar refractivity (Wildman–Crippen MR) is 72.7 cm³/mol. The van der Waals surface area contributed by atoms with Crippen molar-refractivity contribution in [2.45, 2.75) is 12.3 Å². The van der Waals surface area contributed by atoms with E-state index in [2.05, 4.69) is 28.9 Å². The molecule has 17 heavy (non-hydrogen) atoms. The molecular weight excluding hydrogens is 234 g/mol. The minimum atomic E-state index is 0.548. The zero-order chi connectivity index (χ0) is 12.3. The first kappa shape index (κ1) is 12.7. The fraction of sp³-hybridized carbons (Fsp3) is 0.615. The van der Waals surface area contributed by atoms with Gasteiger partial charge in [-0.25, -0.2) is 0 Å². The Morgan fingerprint density at radius 1 is 1.59 bits per heavy atom. The van der Waals surface area contributed by atoms with Crippen LogP contribution in [0.5, 0.6) is 0 Å². The zero-order valence-corrected chi connectivity index (χ0v) is 11.3. The number of aromatic nitrogens is 1. The van der Waals surface area contributed by atoms with Crippen molar-refractivity contribution >= 4 is 17.3 Å². The molecule has 1 atom stereocenters. The maximum Gasteiger partial charge on any atom is 0.0595 e. The number of pyridine rings is 1.